The lowest BCUT2D eigenvalue weighted by atomic mass is 10.1. The van der Waals surface area contributed by atoms with Gasteiger partial charge in [-0.05, 0) is 24.5 Å². The van der Waals surface area contributed by atoms with Gasteiger partial charge in [-0.2, -0.15) is 0 Å². The van der Waals surface area contributed by atoms with Crippen LogP contribution in [0.5, 0.6) is 0 Å². The molecule has 1 amide bonds. The number of carbonyl (C=O) groups is 2. The summed E-state index contributed by atoms with van der Waals surface area (Å²) in [5.41, 5.74) is 1.09. The molecule has 0 spiro atoms. The van der Waals surface area contributed by atoms with Crippen LogP contribution >= 0.6 is 11.3 Å². The highest BCUT2D eigenvalue weighted by molar-refractivity contribution is 7.14. The van der Waals surface area contributed by atoms with Crippen molar-refractivity contribution in [1.82, 2.24) is 4.90 Å². The van der Waals surface area contributed by atoms with Gasteiger partial charge in [-0.1, -0.05) is 13.3 Å². The predicted octanol–water partition coefficient (Wildman–Crippen LogP) is 2.61. The third kappa shape index (κ3) is 3.35. The summed E-state index contributed by atoms with van der Waals surface area (Å²) < 4.78 is 5.21. The van der Waals surface area contributed by atoms with Crippen LogP contribution in [0.1, 0.15) is 46.8 Å². The van der Waals surface area contributed by atoms with E-state index in [1.54, 1.807) is 11.8 Å². The summed E-state index contributed by atoms with van der Waals surface area (Å²) >= 11 is 1.50. The second-order valence-electron chi connectivity index (χ2n) is 4.74. The average Bonchev–Trinajstić information content (AvgIpc) is 2.81. The molecule has 0 aromatic carbocycles. The second kappa shape index (κ2) is 6.19. The van der Waals surface area contributed by atoms with Gasteiger partial charge in [-0.15, -0.1) is 11.3 Å². The van der Waals surface area contributed by atoms with E-state index in [0.717, 1.165) is 31.4 Å². The molecule has 0 bridgehead atoms. The molecular weight excluding hydrogens is 262 g/mol. The maximum absolute atomic E-state index is 11.9. The van der Waals surface area contributed by atoms with E-state index in [-0.39, 0.29) is 11.9 Å². The van der Waals surface area contributed by atoms with Crippen LogP contribution in [0, 0.1) is 0 Å². The molecule has 0 unspecified atom stereocenters. The quantitative estimate of drug-likeness (QED) is 0.629. The summed E-state index contributed by atoms with van der Waals surface area (Å²) in [6.45, 7) is 5.49. The summed E-state index contributed by atoms with van der Waals surface area (Å²) in [6.07, 6.45) is 2.75. The van der Waals surface area contributed by atoms with Crippen molar-refractivity contribution in [3.63, 3.8) is 0 Å². The van der Waals surface area contributed by atoms with Crippen LogP contribution in [-0.4, -0.2) is 29.9 Å². The predicted molar refractivity (Wildman–Crippen MR) is 74.3 cm³/mol. The van der Waals surface area contributed by atoms with Gasteiger partial charge in [0.05, 0.1) is 6.61 Å². The normalized spacial score (nSPS) is 14.1. The topological polar surface area (TPSA) is 46.6 Å². The van der Waals surface area contributed by atoms with Gasteiger partial charge in [0.2, 0.25) is 5.91 Å². The maximum atomic E-state index is 11.9. The van der Waals surface area contributed by atoms with Gasteiger partial charge in [0.25, 0.3) is 0 Å². The van der Waals surface area contributed by atoms with Crippen LogP contribution in [0.3, 0.4) is 0 Å². The van der Waals surface area contributed by atoms with Crippen molar-refractivity contribution in [2.45, 2.75) is 39.7 Å². The molecule has 4 nitrogen and oxygen atoms in total. The Kier molecular flexibility index (Phi) is 4.58. The molecule has 2 heterocycles. The van der Waals surface area contributed by atoms with Gasteiger partial charge < -0.3 is 9.64 Å². The first-order valence-electron chi connectivity index (χ1n) is 6.66. The monoisotopic (exact) mass is 281 g/mol. The zero-order valence-electron chi connectivity index (χ0n) is 11.4. The molecule has 0 saturated carbocycles. The fourth-order valence-corrected chi connectivity index (χ4v) is 3.14. The molecule has 0 radical (unpaired) electrons. The zero-order valence-corrected chi connectivity index (χ0v) is 12.2. The Morgan fingerprint density at radius 3 is 2.95 bits per heavy atom. The number of nitrogens with zero attached hydrogens (tertiary/aromatic N) is 1. The fraction of sp³-hybridized carbons (Fsp3) is 0.571. The van der Waals surface area contributed by atoms with Gasteiger partial charge in [0.15, 0.2) is 0 Å². The van der Waals surface area contributed by atoms with Gasteiger partial charge in [0.1, 0.15) is 4.88 Å². The number of fused-ring (bicyclic) bond motifs is 1. The Hall–Kier alpha value is -1.36. The number of hydrogen-bond acceptors (Lipinski definition) is 4. The summed E-state index contributed by atoms with van der Waals surface area (Å²) in [4.78, 5) is 26.9. The van der Waals surface area contributed by atoms with E-state index >= 15 is 0 Å². The Labute approximate surface area is 117 Å². The Morgan fingerprint density at radius 2 is 2.26 bits per heavy atom. The molecule has 0 N–H and O–H groups in total. The number of unbranched alkanes of at least 4 members (excludes halogenated alkanes) is 1. The SMILES string of the molecule is CCCCOC(=O)c1cc2c(s1)CCN(C(C)=O)C2. The molecule has 1 aliphatic rings. The Balaban J connectivity index is 2.02. The van der Waals surface area contributed by atoms with Gasteiger partial charge >= 0.3 is 5.97 Å². The molecule has 0 saturated heterocycles. The van der Waals surface area contributed by atoms with Crippen LogP contribution in [0.4, 0.5) is 0 Å². The molecule has 2 rings (SSSR count). The van der Waals surface area contributed by atoms with Crippen LogP contribution in [0.15, 0.2) is 6.07 Å². The molecule has 1 aliphatic heterocycles. The second-order valence-corrected chi connectivity index (χ2v) is 5.88. The van der Waals surface area contributed by atoms with E-state index in [9.17, 15) is 9.59 Å². The lowest BCUT2D eigenvalue weighted by molar-refractivity contribution is -0.129. The summed E-state index contributed by atoms with van der Waals surface area (Å²) in [7, 11) is 0. The first-order valence-corrected chi connectivity index (χ1v) is 7.47. The molecule has 0 fully saturated rings. The number of ether oxygens (including phenoxy) is 1. The number of rotatable bonds is 4. The van der Waals surface area contributed by atoms with Crippen molar-refractivity contribution in [1.29, 1.82) is 0 Å². The molecule has 1 aromatic rings. The molecule has 0 aliphatic carbocycles. The first-order chi connectivity index (χ1) is 9.11. The van der Waals surface area contributed by atoms with Crippen molar-refractivity contribution in [3.05, 3.63) is 21.4 Å². The number of esters is 1. The van der Waals surface area contributed by atoms with Crippen LogP contribution in [-0.2, 0) is 22.5 Å². The molecule has 1 aromatic heterocycles. The van der Waals surface area contributed by atoms with E-state index < -0.39 is 0 Å². The minimum absolute atomic E-state index is 0.0870. The largest absolute Gasteiger partial charge is 0.462 e. The number of hydrogen-bond donors (Lipinski definition) is 0. The lowest BCUT2D eigenvalue weighted by Crippen LogP contribution is -2.33. The number of amides is 1. The van der Waals surface area contributed by atoms with Crippen LogP contribution in [0.2, 0.25) is 0 Å². The molecular formula is C14H19NO3S. The van der Waals surface area contributed by atoms with E-state index in [1.807, 2.05) is 6.07 Å². The first kappa shape index (κ1) is 14.1. The van der Waals surface area contributed by atoms with E-state index in [2.05, 4.69) is 6.92 Å². The standard InChI is InChI=1S/C14H19NO3S/c1-3-4-7-18-14(17)13-8-11-9-15(10(2)16)6-5-12(11)19-13/h8H,3-7,9H2,1-2H3. The minimum atomic E-state index is -0.234. The van der Waals surface area contributed by atoms with E-state index in [0.29, 0.717) is 18.0 Å². The van der Waals surface area contributed by atoms with Gasteiger partial charge in [0, 0.05) is 24.9 Å². The molecule has 0 atom stereocenters. The zero-order chi connectivity index (χ0) is 13.8. The van der Waals surface area contributed by atoms with Crippen LogP contribution in [0.25, 0.3) is 0 Å². The third-order valence-corrected chi connectivity index (χ3v) is 4.46. The van der Waals surface area contributed by atoms with Crippen molar-refractivity contribution in [2.24, 2.45) is 0 Å². The highest BCUT2D eigenvalue weighted by Gasteiger charge is 2.23. The molecule has 19 heavy (non-hydrogen) atoms. The van der Waals surface area contributed by atoms with E-state index in [4.69, 9.17) is 4.74 Å². The smallest absolute Gasteiger partial charge is 0.348 e. The number of thiophene rings is 1. The highest BCUT2D eigenvalue weighted by Crippen LogP contribution is 2.28. The Bertz CT molecular complexity index is 481. The van der Waals surface area contributed by atoms with Crippen LogP contribution < -0.4 is 0 Å². The number of carbonyl (C=O) groups excluding carboxylic acids is 2. The molecule has 5 heteroatoms. The average molecular weight is 281 g/mol. The van der Waals surface area contributed by atoms with E-state index in [1.165, 1.54) is 16.2 Å². The summed E-state index contributed by atoms with van der Waals surface area (Å²) in [5, 5.41) is 0. The van der Waals surface area contributed by atoms with Gasteiger partial charge in [-0.25, -0.2) is 4.79 Å². The highest BCUT2D eigenvalue weighted by atomic mass is 32.1. The molecule has 104 valence electrons. The van der Waals surface area contributed by atoms with Crippen molar-refractivity contribution >= 4 is 23.2 Å². The minimum Gasteiger partial charge on any atom is -0.462 e. The van der Waals surface area contributed by atoms with Crippen molar-refractivity contribution in [2.75, 3.05) is 13.2 Å². The third-order valence-electron chi connectivity index (χ3n) is 3.24. The van der Waals surface area contributed by atoms with Crippen molar-refractivity contribution in [3.8, 4) is 0 Å². The van der Waals surface area contributed by atoms with Gasteiger partial charge in [-0.3, -0.25) is 4.79 Å². The van der Waals surface area contributed by atoms with Crippen molar-refractivity contribution < 1.29 is 14.3 Å². The lowest BCUT2D eigenvalue weighted by Gasteiger charge is -2.25. The summed E-state index contributed by atoms with van der Waals surface area (Å²) in [5.74, 6) is -0.147. The Morgan fingerprint density at radius 1 is 1.47 bits per heavy atom. The fourth-order valence-electron chi connectivity index (χ4n) is 2.08. The maximum Gasteiger partial charge on any atom is 0.348 e. The summed E-state index contributed by atoms with van der Waals surface area (Å²) in [6, 6.07) is 1.88.